The minimum Gasteiger partial charge on any atom is -0.299 e. The molecule has 2 nitrogen and oxygen atoms in total. The molecule has 1 fully saturated rings. The molecule has 0 spiro atoms. The van der Waals surface area contributed by atoms with Gasteiger partial charge in [-0.1, -0.05) is 30.7 Å². The van der Waals surface area contributed by atoms with Gasteiger partial charge in [-0.2, -0.15) is 0 Å². The Balaban J connectivity index is 2.27. The largest absolute Gasteiger partial charge is 0.299 e. The first-order chi connectivity index (χ1) is 7.61. The van der Waals surface area contributed by atoms with Gasteiger partial charge in [-0.3, -0.25) is 9.00 Å². The number of hydrogen-bond acceptors (Lipinski definition) is 2. The number of benzene rings is 1. The third kappa shape index (κ3) is 2.06. The van der Waals surface area contributed by atoms with E-state index < -0.39 is 10.8 Å². The lowest BCUT2D eigenvalue weighted by atomic mass is 10.1. The maximum atomic E-state index is 12.3. The monoisotopic (exact) mass is 256 g/mol. The number of ketones is 1. The van der Waals surface area contributed by atoms with Gasteiger partial charge in [-0.25, -0.2) is 0 Å². The summed E-state index contributed by atoms with van der Waals surface area (Å²) in [6, 6.07) is 7.14. The zero-order chi connectivity index (χ0) is 11.7. The van der Waals surface area contributed by atoms with E-state index in [1.54, 1.807) is 12.1 Å². The van der Waals surface area contributed by atoms with Crippen LogP contribution in [0.2, 0.25) is 5.02 Å². The number of rotatable bonds is 2. The number of hydrogen-bond donors (Lipinski definition) is 0. The molecule has 4 heteroatoms. The summed E-state index contributed by atoms with van der Waals surface area (Å²) in [5.74, 6) is 0.0995. The molecule has 0 saturated heterocycles. The summed E-state index contributed by atoms with van der Waals surface area (Å²) in [7, 11) is -1.17. The molecule has 1 aromatic carbocycles. The smallest absolute Gasteiger partial charge is 0.136 e. The standard InChI is InChI=1S/C12H13ClO2S/c1-8-10(14)6-7-11(8)16(15)12-5-3-2-4-9(12)13/h2-5,8,11H,6-7H2,1H3. The van der Waals surface area contributed by atoms with Crippen LogP contribution in [0.1, 0.15) is 19.8 Å². The van der Waals surface area contributed by atoms with Gasteiger partial charge in [0.05, 0.1) is 20.7 Å². The number of carbonyl (C=O) groups excluding carboxylic acids is 1. The molecule has 0 N–H and O–H groups in total. The van der Waals surface area contributed by atoms with Gasteiger partial charge in [-0.15, -0.1) is 0 Å². The van der Waals surface area contributed by atoms with Crippen LogP contribution in [0.25, 0.3) is 0 Å². The van der Waals surface area contributed by atoms with Gasteiger partial charge in [0, 0.05) is 17.6 Å². The van der Waals surface area contributed by atoms with Crippen molar-refractivity contribution >= 4 is 28.2 Å². The molecule has 1 aromatic rings. The summed E-state index contributed by atoms with van der Waals surface area (Å²) >= 11 is 6.00. The van der Waals surface area contributed by atoms with E-state index in [1.807, 2.05) is 19.1 Å². The van der Waals surface area contributed by atoms with E-state index >= 15 is 0 Å². The molecule has 0 heterocycles. The summed E-state index contributed by atoms with van der Waals surface area (Å²) in [5.41, 5.74) is 0. The lowest BCUT2D eigenvalue weighted by Gasteiger charge is -2.14. The Morgan fingerprint density at radius 1 is 1.38 bits per heavy atom. The SMILES string of the molecule is CC1C(=O)CCC1S(=O)c1ccccc1Cl. The van der Waals surface area contributed by atoms with Gasteiger partial charge in [0.15, 0.2) is 0 Å². The van der Waals surface area contributed by atoms with Gasteiger partial charge >= 0.3 is 0 Å². The summed E-state index contributed by atoms with van der Waals surface area (Å²) in [4.78, 5) is 12.1. The van der Waals surface area contributed by atoms with Crippen LogP contribution in [0, 0.1) is 5.92 Å². The third-order valence-corrected chi connectivity index (χ3v) is 5.49. The average molecular weight is 257 g/mol. The van der Waals surface area contributed by atoms with E-state index in [-0.39, 0.29) is 17.0 Å². The Bertz CT molecular complexity index is 444. The lowest BCUT2D eigenvalue weighted by Crippen LogP contribution is -2.21. The van der Waals surface area contributed by atoms with Crippen LogP contribution in [0.3, 0.4) is 0 Å². The zero-order valence-corrected chi connectivity index (χ0v) is 10.6. The molecule has 16 heavy (non-hydrogen) atoms. The Labute approximate surface area is 102 Å². The minimum absolute atomic E-state index is 0.0765. The molecule has 0 amide bonds. The first kappa shape index (κ1) is 11.8. The highest BCUT2D eigenvalue weighted by Crippen LogP contribution is 2.31. The molecule has 1 saturated carbocycles. The fraction of sp³-hybridized carbons (Fsp3) is 0.417. The van der Waals surface area contributed by atoms with Crippen molar-refractivity contribution in [2.45, 2.75) is 29.9 Å². The van der Waals surface area contributed by atoms with Crippen molar-refractivity contribution in [2.24, 2.45) is 5.92 Å². The fourth-order valence-corrected chi connectivity index (χ4v) is 4.05. The maximum absolute atomic E-state index is 12.3. The lowest BCUT2D eigenvalue weighted by molar-refractivity contribution is -0.120. The molecule has 2 rings (SSSR count). The Morgan fingerprint density at radius 2 is 2.06 bits per heavy atom. The second-order valence-electron chi connectivity index (χ2n) is 4.06. The van der Waals surface area contributed by atoms with E-state index in [0.717, 1.165) is 0 Å². The number of Topliss-reactive ketones (excluding diaryl/α,β-unsaturated/α-hetero) is 1. The first-order valence-corrected chi connectivity index (χ1v) is 6.88. The van der Waals surface area contributed by atoms with Crippen LogP contribution in [-0.2, 0) is 15.6 Å². The maximum Gasteiger partial charge on any atom is 0.136 e. The topological polar surface area (TPSA) is 34.1 Å². The Kier molecular flexibility index (Phi) is 3.45. The number of halogens is 1. The molecule has 3 unspecified atom stereocenters. The van der Waals surface area contributed by atoms with Gasteiger partial charge in [0.1, 0.15) is 5.78 Å². The van der Waals surface area contributed by atoms with Crippen molar-refractivity contribution in [1.29, 1.82) is 0 Å². The van der Waals surface area contributed by atoms with Gasteiger partial charge in [0.25, 0.3) is 0 Å². The molecule has 1 aliphatic rings. The van der Waals surface area contributed by atoms with E-state index in [2.05, 4.69) is 0 Å². The van der Waals surface area contributed by atoms with Crippen LogP contribution >= 0.6 is 11.6 Å². The summed E-state index contributed by atoms with van der Waals surface area (Å²) in [5, 5.41) is 0.444. The van der Waals surface area contributed by atoms with E-state index in [4.69, 9.17) is 11.6 Å². The van der Waals surface area contributed by atoms with Crippen LogP contribution in [0.15, 0.2) is 29.2 Å². The molecule has 0 aromatic heterocycles. The zero-order valence-electron chi connectivity index (χ0n) is 8.98. The van der Waals surface area contributed by atoms with Crippen LogP contribution in [0.4, 0.5) is 0 Å². The molecule has 0 bridgehead atoms. The minimum atomic E-state index is -1.17. The molecule has 0 radical (unpaired) electrons. The number of carbonyl (C=O) groups is 1. The predicted molar refractivity (Wildman–Crippen MR) is 65.1 cm³/mol. The van der Waals surface area contributed by atoms with Crippen molar-refractivity contribution in [1.82, 2.24) is 0 Å². The van der Waals surface area contributed by atoms with E-state index in [9.17, 15) is 9.00 Å². The molecule has 1 aliphatic carbocycles. The molecule has 86 valence electrons. The summed E-state index contributed by atoms with van der Waals surface area (Å²) < 4.78 is 12.3. The highest BCUT2D eigenvalue weighted by molar-refractivity contribution is 7.85. The van der Waals surface area contributed by atoms with Gasteiger partial charge in [0.2, 0.25) is 0 Å². The highest BCUT2D eigenvalue weighted by atomic mass is 35.5. The molecule has 3 atom stereocenters. The normalized spacial score (nSPS) is 27.0. The average Bonchev–Trinajstić information content (AvgIpc) is 2.60. The van der Waals surface area contributed by atoms with Crippen molar-refractivity contribution in [2.75, 3.05) is 0 Å². The summed E-state index contributed by atoms with van der Waals surface area (Å²) in [6.07, 6.45) is 1.25. The Morgan fingerprint density at radius 3 is 2.62 bits per heavy atom. The van der Waals surface area contributed by atoms with Gasteiger partial charge < -0.3 is 0 Å². The highest BCUT2D eigenvalue weighted by Gasteiger charge is 2.36. The predicted octanol–water partition coefficient (Wildman–Crippen LogP) is 2.82. The van der Waals surface area contributed by atoms with Crippen molar-refractivity contribution < 1.29 is 9.00 Å². The molecular formula is C12H13ClO2S. The second-order valence-corrected chi connectivity index (χ2v) is 6.11. The molecular weight excluding hydrogens is 244 g/mol. The molecule has 0 aliphatic heterocycles. The van der Waals surface area contributed by atoms with Crippen molar-refractivity contribution in [3.8, 4) is 0 Å². The van der Waals surface area contributed by atoms with Crippen LogP contribution in [-0.4, -0.2) is 15.2 Å². The van der Waals surface area contributed by atoms with Crippen LogP contribution < -0.4 is 0 Å². The van der Waals surface area contributed by atoms with E-state index in [0.29, 0.717) is 22.8 Å². The Hall–Kier alpha value is -0.670. The fourth-order valence-electron chi connectivity index (χ4n) is 2.03. The third-order valence-electron chi connectivity index (χ3n) is 3.07. The summed E-state index contributed by atoms with van der Waals surface area (Å²) in [6.45, 7) is 1.86. The quantitative estimate of drug-likeness (QED) is 0.816. The van der Waals surface area contributed by atoms with Crippen LogP contribution in [0.5, 0.6) is 0 Å². The second kappa shape index (κ2) is 4.68. The van der Waals surface area contributed by atoms with Crippen molar-refractivity contribution in [3.63, 3.8) is 0 Å². The first-order valence-electron chi connectivity index (χ1n) is 5.29. The van der Waals surface area contributed by atoms with E-state index in [1.165, 1.54) is 0 Å². The van der Waals surface area contributed by atoms with Gasteiger partial charge in [-0.05, 0) is 18.6 Å². The van der Waals surface area contributed by atoms with Crippen molar-refractivity contribution in [3.05, 3.63) is 29.3 Å².